The predicted octanol–water partition coefficient (Wildman–Crippen LogP) is 10.5. The highest BCUT2D eigenvalue weighted by Crippen LogP contribution is 2.50. The van der Waals surface area contributed by atoms with Crippen LogP contribution in [0.25, 0.3) is 48.7 Å². The highest BCUT2D eigenvalue weighted by Gasteiger charge is 2.42. The molecule has 64 heavy (non-hydrogen) atoms. The standard InChI is InChI=1S/C56H32B2N4O2/c1-60-44-33-50(62-46-25-13-11-23-43(46)58(37-18-6-3-7-19-37)54-48(62)31-29-41-39-21-9-15-27-52(39)64-56(41)54)49(32-35(44)34-59)61-45-24-12-10-22-42(45)57(36-16-4-2-5-17-36)53-47(61)30-28-40-38-20-8-14-26-51(38)63-55(40)53/h2-33H. The van der Waals surface area contributed by atoms with Crippen LogP contribution in [0.5, 0.6) is 0 Å². The average molecular weight is 815 g/mol. The first-order chi connectivity index (χ1) is 31.7. The Labute approximate surface area is 369 Å². The third-order valence-corrected chi connectivity index (χ3v) is 13.2. The summed E-state index contributed by atoms with van der Waals surface area (Å²) in [6.07, 6.45) is 0. The summed E-state index contributed by atoms with van der Waals surface area (Å²) in [5, 5.41) is 15.0. The summed E-state index contributed by atoms with van der Waals surface area (Å²) >= 11 is 0. The van der Waals surface area contributed by atoms with Gasteiger partial charge in [0.05, 0.1) is 29.6 Å². The Bertz CT molecular complexity index is 3560. The van der Waals surface area contributed by atoms with Crippen molar-refractivity contribution in [1.29, 1.82) is 5.26 Å². The fraction of sp³-hybridized carbons (Fsp3) is 0. The Morgan fingerprint density at radius 2 is 0.875 bits per heavy atom. The van der Waals surface area contributed by atoms with Crippen molar-refractivity contribution in [2.45, 2.75) is 0 Å². The SMILES string of the molecule is [C-]#[N+]c1cc(N2c3ccccc3B(c3ccccc3)c3c2ccc2c3oc3ccccc32)c(N2c3ccccc3B(c3ccccc3)c3c2ccc2c3oc3ccccc32)cc1C#N. The van der Waals surface area contributed by atoms with E-state index in [0.29, 0.717) is 5.56 Å². The van der Waals surface area contributed by atoms with E-state index in [0.717, 1.165) is 111 Å². The smallest absolute Gasteiger partial charge is 0.251 e. The molecule has 0 amide bonds. The summed E-state index contributed by atoms with van der Waals surface area (Å²) in [7, 11) is 0. The second kappa shape index (κ2) is 13.9. The van der Waals surface area contributed by atoms with E-state index in [1.807, 2.05) is 36.4 Å². The Balaban J connectivity index is 1.15. The van der Waals surface area contributed by atoms with Crippen LogP contribution in [-0.4, -0.2) is 13.4 Å². The molecule has 0 saturated heterocycles. The lowest BCUT2D eigenvalue weighted by Gasteiger charge is -2.42. The van der Waals surface area contributed by atoms with Crippen LogP contribution in [0.15, 0.2) is 203 Å². The van der Waals surface area contributed by atoms with Crippen LogP contribution in [0, 0.1) is 17.9 Å². The topological polar surface area (TPSA) is 60.9 Å². The van der Waals surface area contributed by atoms with E-state index in [1.165, 1.54) is 0 Å². The fourth-order valence-corrected chi connectivity index (χ4v) is 10.6. The van der Waals surface area contributed by atoms with Gasteiger partial charge in [0.15, 0.2) is 0 Å². The zero-order valence-corrected chi connectivity index (χ0v) is 34.2. The summed E-state index contributed by atoms with van der Waals surface area (Å²) in [5.41, 5.74) is 15.7. The van der Waals surface area contributed by atoms with Crippen molar-refractivity contribution >= 4 is 130 Å². The number of para-hydroxylation sites is 4. The van der Waals surface area contributed by atoms with Crippen molar-refractivity contribution in [1.82, 2.24) is 0 Å². The second-order valence-corrected chi connectivity index (χ2v) is 16.5. The maximum atomic E-state index is 10.8. The number of nitriles is 1. The number of rotatable bonds is 4. The van der Waals surface area contributed by atoms with Gasteiger partial charge in [0, 0.05) is 44.3 Å². The van der Waals surface area contributed by atoms with E-state index in [-0.39, 0.29) is 19.1 Å². The molecule has 0 aliphatic carbocycles. The molecule has 9 aromatic carbocycles. The van der Waals surface area contributed by atoms with Crippen LogP contribution < -0.4 is 42.6 Å². The number of anilines is 6. The average Bonchev–Trinajstić information content (AvgIpc) is 3.94. The van der Waals surface area contributed by atoms with Crippen LogP contribution in [0.3, 0.4) is 0 Å². The predicted molar refractivity (Wildman–Crippen MR) is 264 cm³/mol. The van der Waals surface area contributed by atoms with Crippen molar-refractivity contribution in [3.8, 4) is 6.07 Å². The van der Waals surface area contributed by atoms with Gasteiger partial charge in [-0.25, -0.2) is 4.85 Å². The molecule has 0 fully saturated rings. The van der Waals surface area contributed by atoms with E-state index in [4.69, 9.17) is 15.4 Å². The van der Waals surface area contributed by atoms with Crippen molar-refractivity contribution in [3.63, 3.8) is 0 Å². The summed E-state index contributed by atoms with van der Waals surface area (Å²) < 4.78 is 13.8. The highest BCUT2D eigenvalue weighted by molar-refractivity contribution is 7.00. The minimum atomic E-state index is -0.168. The van der Waals surface area contributed by atoms with Gasteiger partial charge in [-0.15, -0.1) is 0 Å². The summed E-state index contributed by atoms with van der Waals surface area (Å²) in [4.78, 5) is 8.56. The van der Waals surface area contributed by atoms with Crippen LogP contribution in [0.4, 0.5) is 39.8 Å². The largest absolute Gasteiger partial charge is 0.457 e. The van der Waals surface area contributed by atoms with Crippen LogP contribution >= 0.6 is 0 Å². The molecule has 4 heterocycles. The van der Waals surface area contributed by atoms with Gasteiger partial charge in [0.25, 0.3) is 13.4 Å². The summed E-state index contributed by atoms with van der Waals surface area (Å²) in [5.74, 6) is 0. The molecule has 0 N–H and O–H groups in total. The third kappa shape index (κ3) is 5.08. The van der Waals surface area contributed by atoms with E-state index >= 15 is 0 Å². The first kappa shape index (κ1) is 36.0. The molecule has 2 aromatic heterocycles. The highest BCUT2D eigenvalue weighted by atomic mass is 16.3. The molecule has 0 radical (unpaired) electrons. The van der Waals surface area contributed by atoms with Gasteiger partial charge in [-0.2, -0.15) is 5.26 Å². The summed E-state index contributed by atoms with van der Waals surface area (Å²) in [6.45, 7) is 8.10. The maximum absolute atomic E-state index is 10.8. The molecule has 0 bridgehead atoms. The number of furan rings is 2. The molecule has 11 aromatic rings. The van der Waals surface area contributed by atoms with Gasteiger partial charge in [-0.1, -0.05) is 144 Å². The Morgan fingerprint density at radius 1 is 0.438 bits per heavy atom. The molecule has 0 unspecified atom stereocenters. The Hall–Kier alpha value is -8.71. The van der Waals surface area contributed by atoms with E-state index in [1.54, 1.807) is 0 Å². The fourth-order valence-electron chi connectivity index (χ4n) is 10.6. The normalized spacial score (nSPS) is 12.8. The maximum Gasteiger partial charge on any atom is 0.251 e. The number of hydrogen-bond donors (Lipinski definition) is 0. The molecule has 294 valence electrons. The van der Waals surface area contributed by atoms with E-state index in [2.05, 4.69) is 178 Å². The molecular weight excluding hydrogens is 782 g/mol. The molecule has 8 heteroatoms. The van der Waals surface area contributed by atoms with Crippen molar-refractivity contribution < 1.29 is 8.83 Å². The molecular formula is C56H32B2N4O2. The van der Waals surface area contributed by atoms with Gasteiger partial charge in [0.1, 0.15) is 22.3 Å². The third-order valence-electron chi connectivity index (χ3n) is 13.2. The summed E-state index contributed by atoms with van der Waals surface area (Å²) in [6, 6.07) is 69.7. The minimum Gasteiger partial charge on any atom is -0.457 e. The van der Waals surface area contributed by atoms with E-state index in [9.17, 15) is 5.26 Å². The number of fused-ring (bicyclic) bond motifs is 12. The van der Waals surface area contributed by atoms with Gasteiger partial charge in [-0.3, -0.25) is 0 Å². The zero-order chi connectivity index (χ0) is 42.5. The lowest BCUT2D eigenvalue weighted by atomic mass is 9.35. The van der Waals surface area contributed by atoms with Gasteiger partial charge >= 0.3 is 0 Å². The van der Waals surface area contributed by atoms with Crippen LogP contribution in [-0.2, 0) is 0 Å². The van der Waals surface area contributed by atoms with Gasteiger partial charge in [-0.05, 0) is 82.5 Å². The van der Waals surface area contributed by atoms with Crippen LogP contribution in [0.1, 0.15) is 5.56 Å². The Morgan fingerprint density at radius 3 is 1.36 bits per heavy atom. The van der Waals surface area contributed by atoms with Gasteiger partial charge < -0.3 is 18.6 Å². The molecule has 2 aliphatic heterocycles. The first-order valence-corrected chi connectivity index (χ1v) is 21.4. The zero-order valence-electron chi connectivity index (χ0n) is 34.2. The minimum absolute atomic E-state index is 0.167. The molecule has 0 spiro atoms. The number of benzene rings is 9. The molecule has 13 rings (SSSR count). The molecule has 0 saturated carbocycles. The molecule has 2 aliphatic rings. The van der Waals surface area contributed by atoms with Crippen molar-refractivity contribution in [2.24, 2.45) is 0 Å². The van der Waals surface area contributed by atoms with Gasteiger partial charge in [0.2, 0.25) is 5.69 Å². The van der Waals surface area contributed by atoms with E-state index < -0.39 is 0 Å². The Kier molecular flexibility index (Phi) is 7.82. The van der Waals surface area contributed by atoms with Crippen molar-refractivity contribution in [3.05, 3.63) is 211 Å². The quantitative estimate of drug-likeness (QED) is 0.131. The monoisotopic (exact) mass is 814 g/mol. The lowest BCUT2D eigenvalue weighted by Crippen LogP contribution is -2.58. The van der Waals surface area contributed by atoms with Crippen LogP contribution in [0.2, 0.25) is 0 Å². The second-order valence-electron chi connectivity index (χ2n) is 16.5. The number of hydrogen-bond acceptors (Lipinski definition) is 5. The van der Waals surface area contributed by atoms with Crippen molar-refractivity contribution in [2.75, 3.05) is 9.80 Å². The molecule has 6 nitrogen and oxygen atoms in total. The lowest BCUT2D eigenvalue weighted by molar-refractivity contribution is 0.671. The molecule has 0 atom stereocenters. The first-order valence-electron chi connectivity index (χ1n) is 21.4. The number of nitrogens with zero attached hydrogens (tertiary/aromatic N) is 4.